The minimum absolute atomic E-state index is 0.0516. The van der Waals surface area contributed by atoms with Gasteiger partial charge in [0.05, 0.1) is 12.5 Å². The Morgan fingerprint density at radius 2 is 2.00 bits per heavy atom. The first-order chi connectivity index (χ1) is 14.5. The number of benzene rings is 2. The van der Waals surface area contributed by atoms with Gasteiger partial charge in [0.25, 0.3) is 5.91 Å². The molecule has 2 amide bonds. The molecule has 0 radical (unpaired) electrons. The van der Waals surface area contributed by atoms with Crippen molar-refractivity contribution in [1.82, 2.24) is 15.1 Å². The van der Waals surface area contributed by atoms with Crippen molar-refractivity contribution in [3.05, 3.63) is 74.9 Å². The molecule has 9 heteroatoms. The molecule has 1 aromatic heterocycles. The number of nitrogens with one attached hydrogen (secondary N) is 1. The summed E-state index contributed by atoms with van der Waals surface area (Å²) in [6.07, 6.45) is 1.81. The fourth-order valence-corrected chi connectivity index (χ4v) is 4.49. The third-order valence-corrected chi connectivity index (χ3v) is 6.10. The first-order valence-corrected chi connectivity index (χ1v) is 10.6. The van der Waals surface area contributed by atoms with Crippen molar-refractivity contribution in [3.8, 4) is 0 Å². The van der Waals surface area contributed by atoms with E-state index in [1.807, 2.05) is 0 Å². The lowest BCUT2D eigenvalue weighted by Gasteiger charge is -2.22. The summed E-state index contributed by atoms with van der Waals surface area (Å²) in [6, 6.07) is 12.6. The van der Waals surface area contributed by atoms with E-state index >= 15 is 0 Å². The van der Waals surface area contributed by atoms with E-state index in [0.717, 1.165) is 18.4 Å². The monoisotopic (exact) mass is 444 g/mol. The van der Waals surface area contributed by atoms with Crippen LogP contribution >= 0.6 is 22.9 Å². The molecule has 0 bridgehead atoms. The van der Waals surface area contributed by atoms with Crippen LogP contribution in [0.3, 0.4) is 0 Å². The topological polar surface area (TPSA) is 75.2 Å². The molecule has 1 aliphatic heterocycles. The molecule has 30 heavy (non-hydrogen) atoms. The SMILES string of the molecule is O=C(Nc1cccc(Cl)c1)c1nnc([C@@H]2CCCN2C(=O)Cc2ccc(F)cc2)s1. The molecule has 1 aliphatic rings. The average molecular weight is 445 g/mol. The third kappa shape index (κ3) is 4.66. The number of hydrogen-bond donors (Lipinski definition) is 1. The van der Waals surface area contributed by atoms with Crippen molar-refractivity contribution in [2.24, 2.45) is 0 Å². The predicted octanol–water partition coefficient (Wildman–Crippen LogP) is 4.49. The fraction of sp³-hybridized carbons (Fsp3) is 0.238. The first-order valence-electron chi connectivity index (χ1n) is 9.44. The predicted molar refractivity (Wildman–Crippen MR) is 113 cm³/mol. The molecule has 1 N–H and O–H groups in total. The van der Waals surface area contributed by atoms with Gasteiger partial charge in [0.1, 0.15) is 10.8 Å². The summed E-state index contributed by atoms with van der Waals surface area (Å²) in [5.41, 5.74) is 1.33. The van der Waals surface area contributed by atoms with Crippen LogP contribution in [-0.2, 0) is 11.2 Å². The second-order valence-electron chi connectivity index (χ2n) is 6.96. The minimum Gasteiger partial charge on any atom is -0.333 e. The highest BCUT2D eigenvalue weighted by Crippen LogP contribution is 2.34. The number of halogens is 2. The highest BCUT2D eigenvalue weighted by Gasteiger charge is 2.33. The van der Waals surface area contributed by atoms with Crippen LogP contribution in [0.2, 0.25) is 5.02 Å². The lowest BCUT2D eigenvalue weighted by molar-refractivity contribution is -0.131. The van der Waals surface area contributed by atoms with E-state index in [4.69, 9.17) is 11.6 Å². The number of aromatic nitrogens is 2. The van der Waals surface area contributed by atoms with Crippen LogP contribution in [0, 0.1) is 5.82 Å². The molecule has 2 aromatic carbocycles. The van der Waals surface area contributed by atoms with Crippen LogP contribution in [0.25, 0.3) is 0 Å². The molecule has 1 saturated heterocycles. The largest absolute Gasteiger partial charge is 0.333 e. The molecular weight excluding hydrogens is 427 g/mol. The first kappa shape index (κ1) is 20.4. The Morgan fingerprint density at radius 3 is 2.77 bits per heavy atom. The van der Waals surface area contributed by atoms with Gasteiger partial charge in [-0.1, -0.05) is 41.1 Å². The van der Waals surface area contributed by atoms with Crippen molar-refractivity contribution >= 4 is 40.4 Å². The molecule has 0 spiro atoms. The Bertz CT molecular complexity index is 1070. The molecule has 3 aromatic rings. The lowest BCUT2D eigenvalue weighted by atomic mass is 10.1. The van der Waals surface area contributed by atoms with E-state index < -0.39 is 0 Å². The number of likely N-dealkylation sites (tertiary alicyclic amines) is 1. The van der Waals surface area contributed by atoms with Gasteiger partial charge in [0, 0.05) is 17.3 Å². The minimum atomic E-state index is -0.372. The standard InChI is InChI=1S/C21H18ClFN4O2S/c22-14-3-1-4-16(12-14)24-19(29)21-26-25-20(30-21)17-5-2-10-27(17)18(28)11-13-6-8-15(23)9-7-13/h1,3-4,6-9,12,17H,2,5,10-11H2,(H,24,29)/t17-/m0/s1. The number of nitrogens with zero attached hydrogens (tertiary/aromatic N) is 3. The summed E-state index contributed by atoms with van der Waals surface area (Å²) in [6.45, 7) is 0.619. The number of rotatable bonds is 5. The smallest absolute Gasteiger partial charge is 0.286 e. The van der Waals surface area contributed by atoms with Crippen LogP contribution in [0.4, 0.5) is 10.1 Å². The van der Waals surface area contributed by atoms with Crippen LogP contribution < -0.4 is 5.32 Å². The Morgan fingerprint density at radius 1 is 1.20 bits per heavy atom. The van der Waals surface area contributed by atoms with Crippen molar-refractivity contribution in [1.29, 1.82) is 0 Å². The third-order valence-electron chi connectivity index (χ3n) is 4.84. The normalized spacial score (nSPS) is 15.9. The summed E-state index contributed by atoms with van der Waals surface area (Å²) in [5.74, 6) is -0.755. The average Bonchev–Trinajstić information content (AvgIpc) is 3.39. The van der Waals surface area contributed by atoms with Crippen molar-refractivity contribution in [2.75, 3.05) is 11.9 Å². The zero-order valence-corrected chi connectivity index (χ0v) is 17.4. The van der Waals surface area contributed by atoms with Gasteiger partial charge in [-0.15, -0.1) is 10.2 Å². The van der Waals surface area contributed by atoms with E-state index in [0.29, 0.717) is 22.3 Å². The van der Waals surface area contributed by atoms with Gasteiger partial charge in [-0.3, -0.25) is 9.59 Å². The summed E-state index contributed by atoms with van der Waals surface area (Å²) in [5, 5.41) is 12.3. The maximum absolute atomic E-state index is 13.1. The maximum Gasteiger partial charge on any atom is 0.286 e. The van der Waals surface area contributed by atoms with Crippen molar-refractivity contribution in [2.45, 2.75) is 25.3 Å². The molecule has 6 nitrogen and oxygen atoms in total. The Labute approximate surface area is 181 Å². The maximum atomic E-state index is 13.1. The van der Waals surface area contributed by atoms with Crippen LogP contribution in [0.15, 0.2) is 48.5 Å². The highest BCUT2D eigenvalue weighted by atomic mass is 35.5. The highest BCUT2D eigenvalue weighted by molar-refractivity contribution is 7.13. The molecule has 1 atom stereocenters. The zero-order valence-electron chi connectivity index (χ0n) is 15.8. The van der Waals surface area contributed by atoms with Crippen molar-refractivity contribution in [3.63, 3.8) is 0 Å². The van der Waals surface area contributed by atoms with Gasteiger partial charge < -0.3 is 10.2 Å². The quantitative estimate of drug-likeness (QED) is 0.629. The van der Waals surface area contributed by atoms with Crippen LogP contribution in [-0.4, -0.2) is 33.5 Å². The van der Waals surface area contributed by atoms with Crippen LogP contribution in [0.5, 0.6) is 0 Å². The molecule has 0 saturated carbocycles. The number of carbonyl (C=O) groups is 2. The fourth-order valence-electron chi connectivity index (χ4n) is 3.41. The van der Waals surface area contributed by atoms with Gasteiger partial charge in [-0.2, -0.15) is 0 Å². The number of amides is 2. The van der Waals surface area contributed by atoms with E-state index in [2.05, 4.69) is 15.5 Å². The van der Waals surface area contributed by atoms with Gasteiger partial charge in [0.15, 0.2) is 0 Å². The Balaban J connectivity index is 1.44. The second-order valence-corrected chi connectivity index (χ2v) is 8.40. The molecular formula is C21H18ClFN4O2S. The van der Waals surface area contributed by atoms with E-state index in [1.165, 1.54) is 23.5 Å². The van der Waals surface area contributed by atoms with Crippen LogP contribution in [0.1, 0.15) is 39.3 Å². The van der Waals surface area contributed by atoms with Gasteiger partial charge in [-0.05, 0) is 48.7 Å². The van der Waals surface area contributed by atoms with E-state index in [1.54, 1.807) is 41.3 Å². The van der Waals surface area contributed by atoms with Gasteiger partial charge >= 0.3 is 0 Å². The molecule has 4 rings (SSSR count). The number of carbonyl (C=O) groups excluding carboxylic acids is 2. The van der Waals surface area contributed by atoms with E-state index in [9.17, 15) is 14.0 Å². The molecule has 0 unspecified atom stereocenters. The number of anilines is 1. The Hall–Kier alpha value is -2.84. The molecule has 1 fully saturated rings. The van der Waals surface area contributed by atoms with Gasteiger partial charge in [0.2, 0.25) is 10.9 Å². The molecule has 2 heterocycles. The second kappa shape index (κ2) is 8.89. The molecule has 0 aliphatic carbocycles. The summed E-state index contributed by atoms with van der Waals surface area (Å²) in [7, 11) is 0. The lowest BCUT2D eigenvalue weighted by Crippen LogP contribution is -2.31. The summed E-state index contributed by atoms with van der Waals surface area (Å²) in [4.78, 5) is 27.0. The Kier molecular flexibility index (Phi) is 6.06. The van der Waals surface area contributed by atoms with E-state index in [-0.39, 0.29) is 35.1 Å². The van der Waals surface area contributed by atoms with Gasteiger partial charge in [-0.25, -0.2) is 4.39 Å². The van der Waals surface area contributed by atoms with Crippen molar-refractivity contribution < 1.29 is 14.0 Å². The zero-order chi connectivity index (χ0) is 21.1. The summed E-state index contributed by atoms with van der Waals surface area (Å²) >= 11 is 7.12. The summed E-state index contributed by atoms with van der Waals surface area (Å²) < 4.78 is 13.1. The number of hydrogen-bond acceptors (Lipinski definition) is 5. The molecule has 154 valence electrons.